The summed E-state index contributed by atoms with van der Waals surface area (Å²) in [6.07, 6.45) is 1.73. The Morgan fingerprint density at radius 1 is 1.47 bits per heavy atom. The van der Waals surface area contributed by atoms with Gasteiger partial charge in [0.15, 0.2) is 0 Å². The Bertz CT molecular complexity index is 331. The molecule has 1 aliphatic heterocycles. The van der Waals surface area contributed by atoms with Crippen molar-refractivity contribution in [3.63, 3.8) is 0 Å². The van der Waals surface area contributed by atoms with Crippen LogP contribution >= 0.6 is 0 Å². The van der Waals surface area contributed by atoms with Gasteiger partial charge in [0, 0.05) is 13.1 Å². The van der Waals surface area contributed by atoms with E-state index in [9.17, 15) is 5.11 Å². The Kier molecular flexibility index (Phi) is 2.82. The van der Waals surface area contributed by atoms with Crippen LogP contribution in [0.1, 0.15) is 18.4 Å². The van der Waals surface area contributed by atoms with E-state index in [2.05, 4.69) is 17.9 Å². The van der Waals surface area contributed by atoms with E-state index in [-0.39, 0.29) is 6.10 Å². The summed E-state index contributed by atoms with van der Waals surface area (Å²) in [6.45, 7) is 3.76. The summed E-state index contributed by atoms with van der Waals surface area (Å²) in [5.74, 6) is 0. The van der Waals surface area contributed by atoms with E-state index in [4.69, 9.17) is 5.73 Å². The van der Waals surface area contributed by atoms with Crippen molar-refractivity contribution in [2.75, 3.05) is 23.7 Å². The summed E-state index contributed by atoms with van der Waals surface area (Å²) in [5, 5.41) is 9.64. The molecule has 3 nitrogen and oxygen atoms in total. The molecule has 82 valence electrons. The number of aliphatic hydroxyl groups excluding tert-OH is 1. The largest absolute Gasteiger partial charge is 0.397 e. The Hall–Kier alpha value is -1.22. The smallest absolute Gasteiger partial charge is 0.0715 e. The number of hydrogen-bond donors (Lipinski definition) is 2. The molecule has 0 aromatic heterocycles. The number of nitrogens with two attached hydrogens (primary N) is 1. The summed E-state index contributed by atoms with van der Waals surface area (Å²) in [7, 11) is 0. The van der Waals surface area contributed by atoms with Crippen LogP contribution < -0.4 is 10.6 Å². The molecule has 0 saturated carbocycles. The topological polar surface area (TPSA) is 49.5 Å². The second kappa shape index (κ2) is 4.11. The van der Waals surface area contributed by atoms with Gasteiger partial charge in [-0.1, -0.05) is 12.1 Å². The van der Waals surface area contributed by atoms with Crippen LogP contribution in [0.3, 0.4) is 0 Å². The number of nitrogen functional groups attached to an aromatic ring is 1. The van der Waals surface area contributed by atoms with Gasteiger partial charge in [0.25, 0.3) is 0 Å². The van der Waals surface area contributed by atoms with E-state index in [0.717, 1.165) is 30.8 Å². The number of nitrogens with zero attached hydrogens (tertiary/aromatic N) is 1. The lowest BCUT2D eigenvalue weighted by Crippen LogP contribution is -2.38. The number of rotatable bonds is 1. The standard InChI is InChI=1S/C12H18N2O/c1-9-4-2-6-11(13)12(9)14-7-3-5-10(15)8-14/h2,4,6,10,15H,3,5,7-8,13H2,1H3. The second-order valence-electron chi connectivity index (χ2n) is 4.25. The molecule has 3 heteroatoms. The van der Waals surface area contributed by atoms with Crippen molar-refractivity contribution in [3.05, 3.63) is 23.8 Å². The fraction of sp³-hybridized carbons (Fsp3) is 0.500. The quantitative estimate of drug-likeness (QED) is 0.685. The SMILES string of the molecule is Cc1cccc(N)c1N1CCCC(O)C1. The maximum atomic E-state index is 9.64. The Morgan fingerprint density at radius 2 is 2.27 bits per heavy atom. The highest BCUT2D eigenvalue weighted by Crippen LogP contribution is 2.29. The van der Waals surface area contributed by atoms with Gasteiger partial charge in [-0.15, -0.1) is 0 Å². The minimum Gasteiger partial charge on any atom is -0.397 e. The van der Waals surface area contributed by atoms with Crippen LogP contribution in [0.25, 0.3) is 0 Å². The number of β-amino-alcohol motifs (C(OH)–C–C–N with tert-alkyl or cyclic N) is 1. The maximum Gasteiger partial charge on any atom is 0.0715 e. The number of aliphatic hydroxyl groups is 1. The van der Waals surface area contributed by atoms with Crippen LogP contribution in [0.15, 0.2) is 18.2 Å². The van der Waals surface area contributed by atoms with Gasteiger partial charge < -0.3 is 15.7 Å². The van der Waals surface area contributed by atoms with E-state index in [1.54, 1.807) is 0 Å². The summed E-state index contributed by atoms with van der Waals surface area (Å²) in [5.41, 5.74) is 9.06. The number of benzene rings is 1. The van der Waals surface area contributed by atoms with Crippen molar-refractivity contribution < 1.29 is 5.11 Å². The number of hydrogen-bond acceptors (Lipinski definition) is 3. The van der Waals surface area contributed by atoms with Gasteiger partial charge in [-0.05, 0) is 31.4 Å². The van der Waals surface area contributed by atoms with E-state index >= 15 is 0 Å². The number of aryl methyl sites for hydroxylation is 1. The average Bonchev–Trinajstić information content (AvgIpc) is 2.17. The molecule has 3 N–H and O–H groups in total. The first-order valence-corrected chi connectivity index (χ1v) is 5.46. The van der Waals surface area contributed by atoms with Crippen LogP contribution in [-0.2, 0) is 0 Å². The van der Waals surface area contributed by atoms with Crippen molar-refractivity contribution in [2.24, 2.45) is 0 Å². The summed E-state index contributed by atoms with van der Waals surface area (Å²) in [6, 6.07) is 5.95. The fourth-order valence-corrected chi connectivity index (χ4v) is 2.27. The first-order valence-electron chi connectivity index (χ1n) is 5.46. The van der Waals surface area contributed by atoms with Crippen molar-refractivity contribution >= 4 is 11.4 Å². The van der Waals surface area contributed by atoms with Crippen molar-refractivity contribution in [1.29, 1.82) is 0 Å². The normalized spacial score (nSPS) is 21.7. The van der Waals surface area contributed by atoms with Crippen molar-refractivity contribution in [2.45, 2.75) is 25.9 Å². The average molecular weight is 206 g/mol. The third kappa shape index (κ3) is 2.07. The van der Waals surface area contributed by atoms with Gasteiger partial charge in [-0.25, -0.2) is 0 Å². The molecule has 2 rings (SSSR count). The molecule has 0 radical (unpaired) electrons. The number of piperidine rings is 1. The van der Waals surface area contributed by atoms with E-state index in [1.165, 1.54) is 5.56 Å². The predicted molar refractivity (Wildman–Crippen MR) is 63.0 cm³/mol. The highest BCUT2D eigenvalue weighted by Gasteiger charge is 2.20. The van der Waals surface area contributed by atoms with Gasteiger partial charge in [-0.3, -0.25) is 0 Å². The molecule has 1 aliphatic rings. The summed E-state index contributed by atoms with van der Waals surface area (Å²) >= 11 is 0. The Balaban J connectivity index is 2.28. The molecule has 1 atom stereocenters. The van der Waals surface area contributed by atoms with Crippen LogP contribution in [-0.4, -0.2) is 24.3 Å². The van der Waals surface area contributed by atoms with Gasteiger partial charge in [0.2, 0.25) is 0 Å². The Morgan fingerprint density at radius 3 is 2.93 bits per heavy atom. The van der Waals surface area contributed by atoms with Gasteiger partial charge in [0.05, 0.1) is 17.5 Å². The van der Waals surface area contributed by atoms with Crippen LogP contribution in [0.4, 0.5) is 11.4 Å². The first-order chi connectivity index (χ1) is 7.18. The molecule has 15 heavy (non-hydrogen) atoms. The molecule has 0 bridgehead atoms. The zero-order chi connectivity index (χ0) is 10.8. The highest BCUT2D eigenvalue weighted by atomic mass is 16.3. The molecule has 0 aliphatic carbocycles. The third-order valence-electron chi connectivity index (χ3n) is 2.98. The van der Waals surface area contributed by atoms with Crippen LogP contribution in [0.5, 0.6) is 0 Å². The molecular formula is C12H18N2O. The molecule has 1 aromatic rings. The monoisotopic (exact) mass is 206 g/mol. The Labute approximate surface area is 90.5 Å². The van der Waals surface area contributed by atoms with Gasteiger partial charge >= 0.3 is 0 Å². The molecule has 1 heterocycles. The zero-order valence-electron chi connectivity index (χ0n) is 9.11. The van der Waals surface area contributed by atoms with Gasteiger partial charge in [-0.2, -0.15) is 0 Å². The third-order valence-corrected chi connectivity index (χ3v) is 2.98. The van der Waals surface area contributed by atoms with Gasteiger partial charge in [0.1, 0.15) is 0 Å². The number of anilines is 2. The molecule has 1 aromatic carbocycles. The maximum absolute atomic E-state index is 9.64. The van der Waals surface area contributed by atoms with E-state index in [0.29, 0.717) is 6.54 Å². The van der Waals surface area contributed by atoms with E-state index < -0.39 is 0 Å². The molecule has 1 saturated heterocycles. The molecule has 0 spiro atoms. The second-order valence-corrected chi connectivity index (χ2v) is 4.25. The lowest BCUT2D eigenvalue weighted by Gasteiger charge is -2.33. The molecular weight excluding hydrogens is 188 g/mol. The minimum absolute atomic E-state index is 0.210. The van der Waals surface area contributed by atoms with E-state index in [1.807, 2.05) is 12.1 Å². The zero-order valence-corrected chi connectivity index (χ0v) is 9.11. The van der Waals surface area contributed by atoms with Crippen molar-refractivity contribution in [3.8, 4) is 0 Å². The lowest BCUT2D eigenvalue weighted by atomic mass is 10.0. The molecule has 1 unspecified atom stereocenters. The highest BCUT2D eigenvalue weighted by molar-refractivity contribution is 5.71. The fourth-order valence-electron chi connectivity index (χ4n) is 2.27. The number of para-hydroxylation sites is 1. The minimum atomic E-state index is -0.210. The first kappa shape index (κ1) is 10.3. The van der Waals surface area contributed by atoms with Crippen LogP contribution in [0, 0.1) is 6.92 Å². The van der Waals surface area contributed by atoms with Crippen molar-refractivity contribution in [1.82, 2.24) is 0 Å². The van der Waals surface area contributed by atoms with Crippen LogP contribution in [0.2, 0.25) is 0 Å². The lowest BCUT2D eigenvalue weighted by molar-refractivity contribution is 0.154. The molecule has 0 amide bonds. The molecule has 1 fully saturated rings. The summed E-state index contributed by atoms with van der Waals surface area (Å²) in [4.78, 5) is 2.19. The predicted octanol–water partition coefficient (Wildman–Crippen LogP) is 1.54. The summed E-state index contributed by atoms with van der Waals surface area (Å²) < 4.78 is 0.